The maximum Gasteiger partial charge on any atom is 0.330 e. The molecule has 0 bridgehead atoms. The molecule has 0 radical (unpaired) electrons. The summed E-state index contributed by atoms with van der Waals surface area (Å²) >= 11 is 0. The molecule has 26 heavy (non-hydrogen) atoms. The third-order valence-corrected chi connectivity index (χ3v) is 8.00. The number of ether oxygens (including phenoxy) is 1. The molecule has 0 aromatic carbocycles. The van der Waals surface area contributed by atoms with Crippen molar-refractivity contribution in [2.45, 2.75) is 58.8 Å². The highest BCUT2D eigenvalue weighted by molar-refractivity contribution is 5.93. The van der Waals surface area contributed by atoms with Crippen LogP contribution in [0.3, 0.4) is 0 Å². The minimum absolute atomic E-state index is 0.0335. The minimum Gasteiger partial charge on any atom is -0.466 e. The first-order valence-electron chi connectivity index (χ1n) is 9.85. The number of allylic oxidation sites excluding steroid dienone is 2. The molecule has 0 aliphatic heterocycles. The van der Waals surface area contributed by atoms with Crippen molar-refractivity contribution in [1.29, 1.82) is 0 Å². The van der Waals surface area contributed by atoms with E-state index in [0.717, 1.165) is 37.7 Å². The summed E-state index contributed by atoms with van der Waals surface area (Å²) in [7, 11) is 1.40. The predicted octanol–water partition coefficient (Wildman–Crippen LogP) is 3.80. The number of carbonyl (C=O) groups excluding carboxylic acids is 3. The van der Waals surface area contributed by atoms with Crippen LogP contribution in [-0.2, 0) is 19.1 Å². The Hall–Kier alpha value is -1.71. The highest BCUT2D eigenvalue weighted by atomic mass is 16.5. The van der Waals surface area contributed by atoms with Crippen LogP contribution in [0.25, 0.3) is 0 Å². The van der Waals surface area contributed by atoms with Crippen LogP contribution in [0.4, 0.5) is 0 Å². The fraction of sp³-hybridized carbons (Fsp3) is 0.682. The molecule has 3 fully saturated rings. The van der Waals surface area contributed by atoms with E-state index in [1.54, 1.807) is 6.08 Å². The fourth-order valence-corrected chi connectivity index (χ4v) is 6.67. The summed E-state index contributed by atoms with van der Waals surface area (Å²) in [6.45, 7) is 4.38. The van der Waals surface area contributed by atoms with Crippen LogP contribution in [0.5, 0.6) is 0 Å². The van der Waals surface area contributed by atoms with E-state index in [1.807, 2.05) is 6.08 Å². The van der Waals surface area contributed by atoms with E-state index < -0.39 is 0 Å². The molecule has 4 rings (SSSR count). The maximum atomic E-state index is 13.4. The maximum absolute atomic E-state index is 13.4. The quantitative estimate of drug-likeness (QED) is 0.530. The second-order valence-corrected chi connectivity index (χ2v) is 9.13. The highest BCUT2D eigenvalue weighted by Crippen LogP contribution is 2.65. The molecule has 140 valence electrons. The van der Waals surface area contributed by atoms with Crippen molar-refractivity contribution in [3.05, 3.63) is 23.3 Å². The molecule has 4 aliphatic carbocycles. The van der Waals surface area contributed by atoms with Gasteiger partial charge < -0.3 is 4.74 Å². The SMILES string of the molecule is COC(=O)/C=C1\CC[C@H]2[C@@H]3CCC4=CC(=O)CC[C@]4(C)[C@H]3C(=O)C[C@]12C. The van der Waals surface area contributed by atoms with Gasteiger partial charge >= 0.3 is 5.97 Å². The van der Waals surface area contributed by atoms with Gasteiger partial charge in [-0.25, -0.2) is 4.79 Å². The summed E-state index contributed by atoms with van der Waals surface area (Å²) in [4.78, 5) is 37.1. The van der Waals surface area contributed by atoms with E-state index in [1.165, 1.54) is 12.7 Å². The summed E-state index contributed by atoms with van der Waals surface area (Å²) < 4.78 is 4.83. The lowest BCUT2D eigenvalue weighted by Crippen LogP contribution is -2.54. The molecule has 0 aromatic heterocycles. The first kappa shape index (κ1) is 17.7. The normalized spacial score (nSPS) is 43.4. The van der Waals surface area contributed by atoms with Crippen molar-refractivity contribution in [3.63, 3.8) is 0 Å². The van der Waals surface area contributed by atoms with Gasteiger partial charge in [0.05, 0.1) is 7.11 Å². The van der Waals surface area contributed by atoms with Gasteiger partial charge in [0, 0.05) is 24.8 Å². The number of hydrogen-bond acceptors (Lipinski definition) is 4. The second kappa shape index (κ2) is 5.90. The molecule has 0 spiro atoms. The van der Waals surface area contributed by atoms with Crippen LogP contribution in [-0.4, -0.2) is 24.6 Å². The smallest absolute Gasteiger partial charge is 0.330 e. The van der Waals surface area contributed by atoms with Crippen LogP contribution in [0, 0.1) is 28.6 Å². The van der Waals surface area contributed by atoms with Gasteiger partial charge in [-0.1, -0.05) is 25.0 Å². The van der Waals surface area contributed by atoms with Crippen molar-refractivity contribution >= 4 is 17.5 Å². The molecule has 4 aliphatic rings. The van der Waals surface area contributed by atoms with Crippen molar-refractivity contribution in [3.8, 4) is 0 Å². The van der Waals surface area contributed by atoms with Crippen molar-refractivity contribution < 1.29 is 19.1 Å². The van der Waals surface area contributed by atoms with Gasteiger partial charge in [-0.2, -0.15) is 0 Å². The summed E-state index contributed by atoms with van der Waals surface area (Å²) in [6.07, 6.45) is 9.17. The zero-order chi connectivity index (χ0) is 18.7. The molecular weight excluding hydrogens is 328 g/mol. The Kier molecular flexibility index (Phi) is 4.01. The number of methoxy groups -OCH3 is 1. The van der Waals surface area contributed by atoms with Crippen molar-refractivity contribution in [1.82, 2.24) is 0 Å². The van der Waals surface area contributed by atoms with E-state index >= 15 is 0 Å². The summed E-state index contributed by atoms with van der Waals surface area (Å²) in [6, 6.07) is 0. The van der Waals surface area contributed by atoms with E-state index in [4.69, 9.17) is 4.74 Å². The molecule has 3 saturated carbocycles. The molecular formula is C22H28O4. The second-order valence-electron chi connectivity index (χ2n) is 9.13. The number of rotatable bonds is 1. The number of fused-ring (bicyclic) bond motifs is 5. The van der Waals surface area contributed by atoms with Crippen LogP contribution in [0.2, 0.25) is 0 Å². The minimum atomic E-state index is -0.317. The van der Waals surface area contributed by atoms with Gasteiger partial charge in [-0.05, 0) is 60.8 Å². The van der Waals surface area contributed by atoms with Gasteiger partial charge in [0.2, 0.25) is 0 Å². The Balaban J connectivity index is 1.71. The topological polar surface area (TPSA) is 60.4 Å². The fourth-order valence-electron chi connectivity index (χ4n) is 6.67. The van der Waals surface area contributed by atoms with Gasteiger partial charge in [0.1, 0.15) is 5.78 Å². The van der Waals surface area contributed by atoms with Crippen molar-refractivity contribution in [2.75, 3.05) is 7.11 Å². The Bertz CT molecular complexity index is 745. The average molecular weight is 356 g/mol. The lowest BCUT2D eigenvalue weighted by atomic mass is 9.47. The molecule has 5 atom stereocenters. The largest absolute Gasteiger partial charge is 0.466 e. The van der Waals surface area contributed by atoms with Gasteiger partial charge in [-0.15, -0.1) is 0 Å². The van der Waals surface area contributed by atoms with E-state index in [-0.39, 0.29) is 28.5 Å². The Morgan fingerprint density at radius 2 is 1.92 bits per heavy atom. The standard InChI is InChI=1S/C22H28O4/c1-21-9-8-15(23)10-13(21)4-6-16-17-7-5-14(11-19(25)26-3)22(17,2)12-18(24)20(16)21/h10-11,16-17,20H,4-9,12H2,1-3H3/b14-11+/t16-,17-,20+,21-,22+/m0/s1. The summed E-state index contributed by atoms with van der Waals surface area (Å²) in [5.41, 5.74) is 1.93. The number of carbonyl (C=O) groups is 3. The van der Waals surface area contributed by atoms with Crippen LogP contribution in [0.15, 0.2) is 23.3 Å². The lowest BCUT2D eigenvalue weighted by Gasteiger charge is -2.56. The molecule has 0 unspecified atom stereocenters. The monoisotopic (exact) mass is 356 g/mol. The number of esters is 1. The first-order valence-corrected chi connectivity index (χ1v) is 9.85. The third-order valence-electron chi connectivity index (χ3n) is 8.00. The lowest BCUT2D eigenvalue weighted by molar-refractivity contribution is -0.143. The van der Waals surface area contributed by atoms with E-state index in [9.17, 15) is 14.4 Å². The summed E-state index contributed by atoms with van der Waals surface area (Å²) in [5, 5.41) is 0. The molecule has 0 N–H and O–H groups in total. The molecule has 4 nitrogen and oxygen atoms in total. The van der Waals surface area contributed by atoms with Crippen LogP contribution >= 0.6 is 0 Å². The van der Waals surface area contributed by atoms with E-state index in [2.05, 4.69) is 13.8 Å². The zero-order valence-corrected chi connectivity index (χ0v) is 16.0. The molecule has 0 heterocycles. The highest BCUT2D eigenvalue weighted by Gasteiger charge is 2.60. The summed E-state index contributed by atoms with van der Waals surface area (Å²) in [5.74, 6) is 1.06. The van der Waals surface area contributed by atoms with Crippen molar-refractivity contribution in [2.24, 2.45) is 28.6 Å². The molecule has 0 aromatic rings. The number of Topliss-reactive ketones (excluding diaryl/α,β-unsaturated/α-hetero) is 1. The molecule has 4 heteroatoms. The van der Waals surface area contributed by atoms with Crippen LogP contribution in [0.1, 0.15) is 58.8 Å². The zero-order valence-electron chi connectivity index (χ0n) is 16.0. The van der Waals surface area contributed by atoms with E-state index in [0.29, 0.717) is 30.5 Å². The van der Waals surface area contributed by atoms with Crippen LogP contribution < -0.4 is 0 Å². The van der Waals surface area contributed by atoms with Gasteiger partial charge in [0.25, 0.3) is 0 Å². The average Bonchev–Trinajstić information content (AvgIpc) is 2.91. The van der Waals surface area contributed by atoms with Gasteiger partial charge in [0.15, 0.2) is 5.78 Å². The first-order chi connectivity index (χ1) is 12.3. The molecule has 0 amide bonds. The Labute approximate surface area is 155 Å². The number of ketones is 2. The third kappa shape index (κ3) is 2.37. The Morgan fingerprint density at radius 1 is 1.15 bits per heavy atom. The molecule has 0 saturated heterocycles. The van der Waals surface area contributed by atoms with Gasteiger partial charge in [-0.3, -0.25) is 9.59 Å². The predicted molar refractivity (Wildman–Crippen MR) is 97.2 cm³/mol. The Morgan fingerprint density at radius 3 is 2.65 bits per heavy atom. The number of hydrogen-bond donors (Lipinski definition) is 0.